The minimum Gasteiger partial charge on any atom is -0.352 e. The third-order valence-corrected chi connectivity index (χ3v) is 6.13. The lowest BCUT2D eigenvalue weighted by Crippen LogP contribution is -2.39. The molecule has 2 N–H and O–H groups in total. The Bertz CT molecular complexity index is 796. The molecule has 6 heteroatoms. The Balaban J connectivity index is 1.40. The third-order valence-electron chi connectivity index (χ3n) is 5.26. The fraction of sp³-hybridized carbons (Fsp3) is 0.478. The van der Waals surface area contributed by atoms with Crippen molar-refractivity contribution in [2.45, 2.75) is 33.1 Å². The molecule has 0 spiro atoms. The molecule has 0 radical (unpaired) electrons. The summed E-state index contributed by atoms with van der Waals surface area (Å²) in [6.07, 6.45) is 3.40. The van der Waals surface area contributed by atoms with Crippen molar-refractivity contribution in [3.63, 3.8) is 0 Å². The molecule has 5 nitrogen and oxygen atoms in total. The zero-order chi connectivity index (χ0) is 20.6. The van der Waals surface area contributed by atoms with E-state index in [0.717, 1.165) is 31.2 Å². The van der Waals surface area contributed by atoms with Gasteiger partial charge in [0, 0.05) is 30.9 Å². The van der Waals surface area contributed by atoms with Gasteiger partial charge in [0.2, 0.25) is 0 Å². The van der Waals surface area contributed by atoms with Crippen molar-refractivity contribution in [3.05, 3.63) is 52.2 Å². The van der Waals surface area contributed by atoms with Crippen LogP contribution in [0.25, 0.3) is 0 Å². The second kappa shape index (κ2) is 10.6. The summed E-state index contributed by atoms with van der Waals surface area (Å²) in [5.41, 5.74) is 1.19. The zero-order valence-electron chi connectivity index (χ0n) is 17.3. The van der Waals surface area contributed by atoms with Gasteiger partial charge in [0.1, 0.15) is 0 Å². The van der Waals surface area contributed by atoms with E-state index in [2.05, 4.69) is 29.4 Å². The highest BCUT2D eigenvalue weighted by atomic mass is 32.1. The van der Waals surface area contributed by atoms with E-state index in [1.165, 1.54) is 30.8 Å². The maximum absolute atomic E-state index is 12.4. The first kappa shape index (κ1) is 21.5. The van der Waals surface area contributed by atoms with E-state index in [1.54, 1.807) is 30.3 Å². The van der Waals surface area contributed by atoms with Gasteiger partial charge in [0.15, 0.2) is 0 Å². The summed E-state index contributed by atoms with van der Waals surface area (Å²) in [6.45, 7) is 8.83. The summed E-state index contributed by atoms with van der Waals surface area (Å²) in [5.74, 6) is 1.31. The smallest absolute Gasteiger partial charge is 0.265 e. The van der Waals surface area contributed by atoms with Crippen LogP contribution in [-0.2, 0) is 0 Å². The van der Waals surface area contributed by atoms with Gasteiger partial charge in [0.05, 0.1) is 4.88 Å². The number of rotatable bonds is 8. The first-order valence-electron chi connectivity index (χ1n) is 10.5. The van der Waals surface area contributed by atoms with Crippen LogP contribution < -0.4 is 10.6 Å². The quantitative estimate of drug-likeness (QED) is 0.627. The van der Waals surface area contributed by atoms with Crippen LogP contribution in [0.5, 0.6) is 0 Å². The average molecular weight is 414 g/mol. The summed E-state index contributed by atoms with van der Waals surface area (Å²) in [6, 6.07) is 10.7. The summed E-state index contributed by atoms with van der Waals surface area (Å²) in [4.78, 5) is 27.8. The van der Waals surface area contributed by atoms with E-state index >= 15 is 0 Å². The Morgan fingerprint density at radius 2 is 1.86 bits per heavy atom. The summed E-state index contributed by atoms with van der Waals surface area (Å²) >= 11 is 1.39. The fourth-order valence-corrected chi connectivity index (χ4v) is 4.70. The number of hydrogen-bond donors (Lipinski definition) is 2. The van der Waals surface area contributed by atoms with Crippen LogP contribution in [0.4, 0.5) is 5.69 Å². The SMILES string of the molecule is CC1CC(C)CN(CCCCNC(=O)c2cccc(NC(=O)c3cccs3)c2)C1. The van der Waals surface area contributed by atoms with Gasteiger partial charge in [-0.15, -0.1) is 11.3 Å². The number of nitrogens with one attached hydrogen (secondary N) is 2. The first-order chi connectivity index (χ1) is 14.0. The Kier molecular flexibility index (Phi) is 7.83. The van der Waals surface area contributed by atoms with E-state index < -0.39 is 0 Å². The van der Waals surface area contributed by atoms with Crippen LogP contribution in [0.15, 0.2) is 41.8 Å². The normalized spacial score (nSPS) is 19.7. The molecule has 156 valence electrons. The number of thiophene rings is 1. The minimum atomic E-state index is -0.154. The molecule has 2 heterocycles. The van der Waals surface area contributed by atoms with Crippen LogP contribution in [-0.4, -0.2) is 42.9 Å². The van der Waals surface area contributed by atoms with E-state index in [0.29, 0.717) is 22.7 Å². The molecule has 1 saturated heterocycles. The molecular weight excluding hydrogens is 382 g/mol. The van der Waals surface area contributed by atoms with Crippen molar-refractivity contribution in [2.75, 3.05) is 31.5 Å². The molecule has 3 rings (SSSR count). The second-order valence-corrected chi connectivity index (χ2v) is 9.13. The molecule has 2 unspecified atom stereocenters. The van der Waals surface area contributed by atoms with Crippen molar-refractivity contribution in [2.24, 2.45) is 11.8 Å². The summed E-state index contributed by atoms with van der Waals surface area (Å²) in [7, 11) is 0. The number of likely N-dealkylation sites (tertiary alicyclic amines) is 1. The molecular formula is C23H31N3O2S. The lowest BCUT2D eigenvalue weighted by atomic mass is 9.92. The number of hydrogen-bond acceptors (Lipinski definition) is 4. The van der Waals surface area contributed by atoms with Crippen molar-refractivity contribution >= 4 is 28.8 Å². The van der Waals surface area contributed by atoms with E-state index in [-0.39, 0.29) is 11.8 Å². The first-order valence-corrected chi connectivity index (χ1v) is 11.3. The Morgan fingerprint density at radius 3 is 2.59 bits per heavy atom. The van der Waals surface area contributed by atoms with Gasteiger partial charge < -0.3 is 15.5 Å². The van der Waals surface area contributed by atoms with Crippen LogP contribution in [0.2, 0.25) is 0 Å². The molecule has 1 fully saturated rings. The largest absolute Gasteiger partial charge is 0.352 e. The number of carbonyl (C=O) groups excluding carboxylic acids is 2. The van der Waals surface area contributed by atoms with Gasteiger partial charge in [0.25, 0.3) is 11.8 Å². The van der Waals surface area contributed by atoms with Crippen molar-refractivity contribution in [1.82, 2.24) is 10.2 Å². The number of carbonyl (C=O) groups is 2. The number of piperidine rings is 1. The molecule has 1 aromatic carbocycles. The van der Waals surface area contributed by atoms with Gasteiger partial charge in [-0.1, -0.05) is 26.0 Å². The number of unbranched alkanes of at least 4 members (excludes halogenated alkanes) is 1. The molecule has 1 aliphatic heterocycles. The lowest BCUT2D eigenvalue weighted by molar-refractivity contribution is 0.0950. The van der Waals surface area contributed by atoms with E-state index in [9.17, 15) is 9.59 Å². The predicted molar refractivity (Wildman–Crippen MR) is 120 cm³/mol. The lowest BCUT2D eigenvalue weighted by Gasteiger charge is -2.34. The average Bonchev–Trinajstić information content (AvgIpc) is 3.22. The number of benzene rings is 1. The predicted octanol–water partition coefficient (Wildman–Crippen LogP) is 4.49. The molecule has 29 heavy (non-hydrogen) atoms. The monoisotopic (exact) mass is 413 g/mol. The van der Waals surface area contributed by atoms with Gasteiger partial charge in [-0.3, -0.25) is 9.59 Å². The molecule has 1 aromatic heterocycles. The second-order valence-electron chi connectivity index (χ2n) is 8.18. The molecule has 2 aromatic rings. The molecule has 1 aliphatic rings. The number of amides is 2. The number of anilines is 1. The van der Waals surface area contributed by atoms with Crippen molar-refractivity contribution in [1.29, 1.82) is 0 Å². The van der Waals surface area contributed by atoms with Crippen LogP contribution in [0.3, 0.4) is 0 Å². The van der Waals surface area contributed by atoms with Crippen LogP contribution in [0, 0.1) is 11.8 Å². The highest BCUT2D eigenvalue weighted by Gasteiger charge is 2.21. The minimum absolute atomic E-state index is 0.0996. The third kappa shape index (κ3) is 6.68. The Hall–Kier alpha value is -2.18. The fourth-order valence-electron chi connectivity index (χ4n) is 4.08. The molecule has 2 atom stereocenters. The van der Waals surface area contributed by atoms with E-state index in [4.69, 9.17) is 0 Å². The van der Waals surface area contributed by atoms with Gasteiger partial charge in [-0.25, -0.2) is 0 Å². The highest BCUT2D eigenvalue weighted by molar-refractivity contribution is 7.12. The van der Waals surface area contributed by atoms with Crippen molar-refractivity contribution < 1.29 is 9.59 Å². The zero-order valence-corrected chi connectivity index (χ0v) is 18.1. The summed E-state index contributed by atoms with van der Waals surface area (Å²) in [5, 5.41) is 7.71. The van der Waals surface area contributed by atoms with Gasteiger partial charge in [-0.05, 0) is 67.3 Å². The topological polar surface area (TPSA) is 61.4 Å². The molecule has 2 amide bonds. The maximum Gasteiger partial charge on any atom is 0.265 e. The van der Waals surface area contributed by atoms with Gasteiger partial charge in [-0.2, -0.15) is 0 Å². The molecule has 0 saturated carbocycles. The maximum atomic E-state index is 12.4. The van der Waals surface area contributed by atoms with Crippen molar-refractivity contribution in [3.8, 4) is 0 Å². The van der Waals surface area contributed by atoms with Crippen LogP contribution >= 0.6 is 11.3 Å². The molecule has 0 bridgehead atoms. The Labute approximate surface area is 177 Å². The number of nitrogens with zero attached hydrogens (tertiary/aromatic N) is 1. The van der Waals surface area contributed by atoms with Gasteiger partial charge >= 0.3 is 0 Å². The Morgan fingerprint density at radius 1 is 1.07 bits per heavy atom. The highest BCUT2D eigenvalue weighted by Crippen LogP contribution is 2.21. The summed E-state index contributed by atoms with van der Waals surface area (Å²) < 4.78 is 0. The van der Waals surface area contributed by atoms with Crippen LogP contribution in [0.1, 0.15) is 53.1 Å². The molecule has 0 aliphatic carbocycles. The standard InChI is InChI=1S/C23H31N3O2S/c1-17-13-18(2)16-26(15-17)11-4-3-10-24-22(27)19-7-5-8-20(14-19)25-23(28)21-9-6-12-29-21/h5-9,12,14,17-18H,3-4,10-11,13,15-16H2,1-2H3,(H,24,27)(H,25,28). The van der Waals surface area contributed by atoms with E-state index in [1.807, 2.05) is 11.4 Å².